The van der Waals surface area contributed by atoms with Crippen molar-refractivity contribution in [3.8, 4) is 0 Å². The number of nitrogens with one attached hydrogen (secondary N) is 1. The topological polar surface area (TPSA) is 72.0 Å². The SMILES string of the molecule is CS(=O)(=O)c1ccc2nc(Nc3ccc(F)cc3)ncc2c1. The van der Waals surface area contributed by atoms with Crippen LogP contribution in [0.25, 0.3) is 10.9 Å². The molecular formula is C15H12FN3O2S. The zero-order valence-electron chi connectivity index (χ0n) is 11.6. The Morgan fingerprint density at radius 3 is 2.50 bits per heavy atom. The van der Waals surface area contributed by atoms with E-state index in [1.807, 2.05) is 0 Å². The number of anilines is 2. The van der Waals surface area contributed by atoms with E-state index in [9.17, 15) is 12.8 Å². The van der Waals surface area contributed by atoms with Gasteiger partial charge in [0, 0.05) is 23.5 Å². The highest BCUT2D eigenvalue weighted by atomic mass is 32.2. The fourth-order valence-electron chi connectivity index (χ4n) is 1.96. The molecule has 1 N–H and O–H groups in total. The lowest BCUT2D eigenvalue weighted by Crippen LogP contribution is -1.99. The van der Waals surface area contributed by atoms with Crippen LogP contribution in [0.15, 0.2) is 53.6 Å². The molecule has 5 nitrogen and oxygen atoms in total. The van der Waals surface area contributed by atoms with Crippen LogP contribution in [0.2, 0.25) is 0 Å². The zero-order valence-corrected chi connectivity index (χ0v) is 12.4. The van der Waals surface area contributed by atoms with Gasteiger partial charge in [0.25, 0.3) is 0 Å². The number of hydrogen-bond donors (Lipinski definition) is 1. The summed E-state index contributed by atoms with van der Waals surface area (Å²) >= 11 is 0. The average Bonchev–Trinajstić information content (AvgIpc) is 2.48. The molecule has 3 rings (SSSR count). The third kappa shape index (κ3) is 3.04. The van der Waals surface area contributed by atoms with Crippen LogP contribution in [0.1, 0.15) is 0 Å². The van der Waals surface area contributed by atoms with Crippen LogP contribution in [-0.4, -0.2) is 24.6 Å². The second kappa shape index (κ2) is 5.34. The molecule has 0 saturated carbocycles. The predicted molar refractivity (Wildman–Crippen MR) is 82.3 cm³/mol. The molecule has 112 valence electrons. The largest absolute Gasteiger partial charge is 0.324 e. The second-order valence-electron chi connectivity index (χ2n) is 4.82. The van der Waals surface area contributed by atoms with E-state index in [1.165, 1.54) is 24.3 Å². The van der Waals surface area contributed by atoms with E-state index >= 15 is 0 Å². The maximum Gasteiger partial charge on any atom is 0.227 e. The normalized spacial score (nSPS) is 11.5. The van der Waals surface area contributed by atoms with E-state index in [1.54, 1.807) is 24.4 Å². The van der Waals surface area contributed by atoms with Gasteiger partial charge in [-0.05, 0) is 42.5 Å². The van der Waals surface area contributed by atoms with Crippen LogP contribution < -0.4 is 5.32 Å². The van der Waals surface area contributed by atoms with Crippen molar-refractivity contribution < 1.29 is 12.8 Å². The van der Waals surface area contributed by atoms with Gasteiger partial charge < -0.3 is 5.32 Å². The summed E-state index contributed by atoms with van der Waals surface area (Å²) in [7, 11) is -3.26. The highest BCUT2D eigenvalue weighted by Crippen LogP contribution is 2.20. The van der Waals surface area contributed by atoms with Gasteiger partial charge in [-0.1, -0.05) is 0 Å². The average molecular weight is 317 g/mol. The molecule has 1 heterocycles. The first kappa shape index (κ1) is 14.4. The van der Waals surface area contributed by atoms with Crippen LogP contribution in [0, 0.1) is 5.82 Å². The molecule has 22 heavy (non-hydrogen) atoms. The number of benzene rings is 2. The van der Waals surface area contributed by atoms with Crippen LogP contribution in [-0.2, 0) is 9.84 Å². The molecule has 0 amide bonds. The van der Waals surface area contributed by atoms with Crippen LogP contribution in [0.5, 0.6) is 0 Å². The first-order valence-corrected chi connectivity index (χ1v) is 8.30. The van der Waals surface area contributed by atoms with Gasteiger partial charge in [-0.25, -0.2) is 22.8 Å². The molecule has 0 saturated heterocycles. The second-order valence-corrected chi connectivity index (χ2v) is 6.83. The van der Waals surface area contributed by atoms with Gasteiger partial charge in [0.05, 0.1) is 10.4 Å². The Morgan fingerprint density at radius 2 is 1.82 bits per heavy atom. The molecule has 0 spiro atoms. The van der Waals surface area contributed by atoms with Gasteiger partial charge >= 0.3 is 0 Å². The van der Waals surface area contributed by atoms with Crippen molar-refractivity contribution in [3.05, 3.63) is 54.5 Å². The molecular weight excluding hydrogens is 305 g/mol. The van der Waals surface area contributed by atoms with Crippen molar-refractivity contribution in [2.75, 3.05) is 11.6 Å². The third-order valence-corrected chi connectivity index (χ3v) is 4.19. The maximum absolute atomic E-state index is 12.9. The number of rotatable bonds is 3. The molecule has 1 aromatic heterocycles. The Kier molecular flexibility index (Phi) is 3.50. The summed E-state index contributed by atoms with van der Waals surface area (Å²) in [6.07, 6.45) is 2.70. The summed E-state index contributed by atoms with van der Waals surface area (Å²) in [6.45, 7) is 0. The fourth-order valence-corrected chi connectivity index (χ4v) is 2.62. The summed E-state index contributed by atoms with van der Waals surface area (Å²) in [5, 5.41) is 3.59. The Balaban J connectivity index is 1.95. The van der Waals surface area contributed by atoms with E-state index in [0.717, 1.165) is 6.26 Å². The van der Waals surface area contributed by atoms with Crippen LogP contribution in [0.3, 0.4) is 0 Å². The van der Waals surface area contributed by atoms with Crippen LogP contribution >= 0.6 is 0 Å². The monoisotopic (exact) mass is 317 g/mol. The molecule has 0 radical (unpaired) electrons. The van der Waals surface area contributed by atoms with Crippen molar-refractivity contribution in [2.24, 2.45) is 0 Å². The maximum atomic E-state index is 12.9. The lowest BCUT2D eigenvalue weighted by atomic mass is 10.2. The van der Waals surface area contributed by atoms with Crippen molar-refractivity contribution in [1.29, 1.82) is 0 Å². The predicted octanol–water partition coefficient (Wildman–Crippen LogP) is 2.92. The lowest BCUT2D eigenvalue weighted by Gasteiger charge is -2.06. The molecule has 0 aliphatic heterocycles. The smallest absolute Gasteiger partial charge is 0.227 e. The van der Waals surface area contributed by atoms with Gasteiger partial charge in [-0.3, -0.25) is 0 Å². The number of sulfone groups is 1. The molecule has 0 aliphatic rings. The molecule has 0 bridgehead atoms. The number of hydrogen-bond acceptors (Lipinski definition) is 5. The van der Waals surface area contributed by atoms with Crippen molar-refractivity contribution in [1.82, 2.24) is 9.97 Å². The molecule has 0 fully saturated rings. The summed E-state index contributed by atoms with van der Waals surface area (Å²) in [5.74, 6) is 0.0319. The molecule has 0 atom stereocenters. The highest BCUT2D eigenvalue weighted by molar-refractivity contribution is 7.90. The molecule has 0 aliphatic carbocycles. The first-order chi connectivity index (χ1) is 10.4. The minimum absolute atomic E-state index is 0.225. The zero-order chi connectivity index (χ0) is 15.7. The Labute approximate surface area is 126 Å². The number of aromatic nitrogens is 2. The minimum Gasteiger partial charge on any atom is -0.324 e. The Morgan fingerprint density at radius 1 is 1.09 bits per heavy atom. The van der Waals surface area contributed by atoms with E-state index in [-0.39, 0.29) is 10.7 Å². The quantitative estimate of drug-likeness (QED) is 0.804. The highest BCUT2D eigenvalue weighted by Gasteiger charge is 2.09. The van der Waals surface area contributed by atoms with Gasteiger partial charge in [-0.2, -0.15) is 0 Å². The van der Waals surface area contributed by atoms with Gasteiger partial charge in [0.15, 0.2) is 9.84 Å². The van der Waals surface area contributed by atoms with Crippen molar-refractivity contribution >= 4 is 32.4 Å². The molecule has 3 aromatic rings. The van der Waals surface area contributed by atoms with E-state index < -0.39 is 9.84 Å². The van der Waals surface area contributed by atoms with Crippen LogP contribution in [0.4, 0.5) is 16.0 Å². The number of halogens is 1. The standard InChI is InChI=1S/C15H12FN3O2S/c1-22(20,21)13-6-7-14-10(8-13)9-17-15(19-14)18-12-4-2-11(16)3-5-12/h2-9H,1H3,(H,17,18,19). The number of nitrogens with zero attached hydrogens (tertiary/aromatic N) is 2. The van der Waals surface area contributed by atoms with E-state index in [4.69, 9.17) is 0 Å². The van der Waals surface area contributed by atoms with Gasteiger partial charge in [-0.15, -0.1) is 0 Å². The van der Waals surface area contributed by atoms with E-state index in [2.05, 4.69) is 15.3 Å². The third-order valence-electron chi connectivity index (χ3n) is 3.08. The minimum atomic E-state index is -3.26. The molecule has 2 aromatic carbocycles. The van der Waals surface area contributed by atoms with Crippen molar-refractivity contribution in [2.45, 2.75) is 4.90 Å². The summed E-state index contributed by atoms with van der Waals surface area (Å²) in [5.41, 5.74) is 1.28. The fraction of sp³-hybridized carbons (Fsp3) is 0.0667. The molecule has 7 heteroatoms. The summed E-state index contributed by atoms with van der Waals surface area (Å²) in [6, 6.07) is 10.5. The Bertz CT molecular complexity index is 941. The van der Waals surface area contributed by atoms with Crippen molar-refractivity contribution in [3.63, 3.8) is 0 Å². The molecule has 0 unspecified atom stereocenters. The Hall–Kier alpha value is -2.54. The van der Waals surface area contributed by atoms with E-state index in [0.29, 0.717) is 22.5 Å². The number of fused-ring (bicyclic) bond motifs is 1. The lowest BCUT2D eigenvalue weighted by molar-refractivity contribution is 0.602. The first-order valence-electron chi connectivity index (χ1n) is 6.41. The summed E-state index contributed by atoms with van der Waals surface area (Å²) in [4.78, 5) is 8.67. The summed E-state index contributed by atoms with van der Waals surface area (Å²) < 4.78 is 35.9. The van der Waals surface area contributed by atoms with Gasteiger partial charge in [0.1, 0.15) is 5.82 Å². The van der Waals surface area contributed by atoms with Gasteiger partial charge in [0.2, 0.25) is 5.95 Å².